The minimum Gasteiger partial charge on any atom is -0.492 e. The molecular formula is C37H42BrN3O5S. The molecule has 2 amide bonds. The second kappa shape index (κ2) is 16.6. The average molecular weight is 721 g/mol. The Morgan fingerprint density at radius 3 is 2.13 bits per heavy atom. The van der Waals surface area contributed by atoms with Crippen LogP contribution in [-0.4, -0.2) is 50.4 Å². The van der Waals surface area contributed by atoms with Gasteiger partial charge in [-0.25, -0.2) is 8.42 Å². The Morgan fingerprint density at radius 1 is 0.851 bits per heavy atom. The number of benzene rings is 4. The third-order valence-corrected chi connectivity index (χ3v) is 10.2. The monoisotopic (exact) mass is 719 g/mol. The zero-order valence-electron chi connectivity index (χ0n) is 27.2. The number of hydrogen-bond donors (Lipinski definition) is 1. The highest BCUT2D eigenvalue weighted by Crippen LogP contribution is 2.33. The molecule has 0 spiro atoms. The Hall–Kier alpha value is -4.15. The van der Waals surface area contributed by atoms with E-state index in [4.69, 9.17) is 4.74 Å². The fourth-order valence-electron chi connectivity index (χ4n) is 5.07. The number of carbonyl (C=O) groups excluding carboxylic acids is 2. The molecular weight excluding hydrogens is 678 g/mol. The number of rotatable bonds is 15. The molecule has 4 aromatic rings. The van der Waals surface area contributed by atoms with Crippen LogP contribution in [0.1, 0.15) is 43.9 Å². The van der Waals surface area contributed by atoms with Crippen LogP contribution in [0.5, 0.6) is 5.75 Å². The summed E-state index contributed by atoms with van der Waals surface area (Å²) in [4.78, 5) is 30.2. The highest BCUT2D eigenvalue weighted by Gasteiger charge is 2.35. The summed E-state index contributed by atoms with van der Waals surface area (Å²) >= 11 is 3.47. The zero-order valence-corrected chi connectivity index (χ0v) is 29.6. The maximum Gasteiger partial charge on any atom is 0.264 e. The van der Waals surface area contributed by atoms with Gasteiger partial charge in [0.15, 0.2) is 0 Å². The van der Waals surface area contributed by atoms with Gasteiger partial charge in [-0.05, 0) is 74.7 Å². The Kier molecular flexibility index (Phi) is 12.6. The lowest BCUT2D eigenvalue weighted by molar-refractivity contribution is -0.140. The minimum atomic E-state index is -4.25. The van der Waals surface area contributed by atoms with Gasteiger partial charge < -0.3 is 15.0 Å². The third kappa shape index (κ3) is 9.45. The van der Waals surface area contributed by atoms with Crippen molar-refractivity contribution in [3.8, 4) is 5.75 Å². The van der Waals surface area contributed by atoms with Gasteiger partial charge in [-0.1, -0.05) is 95.1 Å². The fourth-order valence-corrected chi connectivity index (χ4v) is 6.76. The third-order valence-electron chi connectivity index (χ3n) is 7.86. The van der Waals surface area contributed by atoms with Gasteiger partial charge >= 0.3 is 0 Å². The molecule has 0 fully saturated rings. The molecule has 2 atom stereocenters. The first-order chi connectivity index (χ1) is 22.5. The highest BCUT2D eigenvalue weighted by molar-refractivity contribution is 9.10. The molecule has 0 aliphatic heterocycles. The van der Waals surface area contributed by atoms with E-state index < -0.39 is 28.5 Å². The standard InChI is InChI=1S/C37H42BrN3O5S/c1-5-28(4)39-37(43)34(24-29-12-8-7-9-13-29)40(25-30-18-20-31(38)21-19-30)36(42)26-41(33-14-10-11-15-35(33)46-6-2)47(44,45)32-22-16-27(3)17-23-32/h7-23,28,34H,5-6,24-26H2,1-4H3,(H,39,43)/t28-,34-/m0/s1. The predicted octanol–water partition coefficient (Wildman–Crippen LogP) is 6.91. The van der Waals surface area contributed by atoms with E-state index in [2.05, 4.69) is 21.2 Å². The van der Waals surface area contributed by atoms with Crippen molar-refractivity contribution in [1.82, 2.24) is 10.2 Å². The molecule has 47 heavy (non-hydrogen) atoms. The smallest absolute Gasteiger partial charge is 0.264 e. The fraction of sp³-hybridized carbons (Fsp3) is 0.297. The molecule has 0 aliphatic carbocycles. The lowest BCUT2D eigenvalue weighted by Crippen LogP contribution is -2.54. The summed E-state index contributed by atoms with van der Waals surface area (Å²) in [5, 5.41) is 3.06. The largest absolute Gasteiger partial charge is 0.492 e. The van der Waals surface area contributed by atoms with Crippen molar-refractivity contribution in [1.29, 1.82) is 0 Å². The van der Waals surface area contributed by atoms with Gasteiger partial charge in [0.2, 0.25) is 11.8 Å². The quantitative estimate of drug-likeness (QED) is 0.144. The topological polar surface area (TPSA) is 96.0 Å². The number of nitrogens with zero attached hydrogens (tertiary/aromatic N) is 2. The van der Waals surface area contributed by atoms with E-state index in [0.717, 1.165) is 25.5 Å². The number of sulfonamides is 1. The SMILES string of the molecule is CCOc1ccccc1N(CC(=O)N(Cc1ccc(Br)cc1)[C@@H](Cc1ccccc1)C(=O)N[C@@H](C)CC)S(=O)(=O)c1ccc(C)cc1. The summed E-state index contributed by atoms with van der Waals surface area (Å²) < 4.78 is 36.5. The van der Waals surface area contributed by atoms with E-state index in [9.17, 15) is 18.0 Å². The lowest BCUT2D eigenvalue weighted by atomic mass is 10.0. The van der Waals surface area contributed by atoms with Crippen LogP contribution >= 0.6 is 15.9 Å². The number of carbonyl (C=O) groups is 2. The summed E-state index contributed by atoms with van der Waals surface area (Å²) in [6.45, 7) is 7.41. The number of halogens is 1. The van der Waals surface area contributed by atoms with Gasteiger partial charge in [-0.3, -0.25) is 13.9 Å². The first-order valence-corrected chi connectivity index (χ1v) is 18.0. The van der Waals surface area contributed by atoms with Crippen molar-refractivity contribution in [3.63, 3.8) is 0 Å². The number of nitrogens with one attached hydrogen (secondary N) is 1. The van der Waals surface area contributed by atoms with Crippen LogP contribution in [-0.2, 0) is 32.6 Å². The van der Waals surface area contributed by atoms with E-state index in [1.807, 2.05) is 82.3 Å². The maximum absolute atomic E-state index is 14.7. The van der Waals surface area contributed by atoms with Gasteiger partial charge in [0.1, 0.15) is 18.3 Å². The second-order valence-electron chi connectivity index (χ2n) is 11.4. The number of anilines is 1. The van der Waals surface area contributed by atoms with Crippen LogP contribution in [0.2, 0.25) is 0 Å². The van der Waals surface area contributed by atoms with Crippen LogP contribution < -0.4 is 14.4 Å². The number of ether oxygens (including phenoxy) is 1. The Bertz CT molecular complexity index is 1730. The lowest BCUT2D eigenvalue weighted by Gasteiger charge is -2.34. The van der Waals surface area contributed by atoms with Gasteiger partial charge in [0.25, 0.3) is 10.0 Å². The molecule has 0 aromatic heterocycles. The molecule has 4 aromatic carbocycles. The summed E-state index contributed by atoms with van der Waals surface area (Å²) in [6.07, 6.45) is 0.951. The van der Waals surface area contributed by atoms with Crippen LogP contribution in [0.15, 0.2) is 112 Å². The Labute approximate surface area is 286 Å². The summed E-state index contributed by atoms with van der Waals surface area (Å²) in [5.74, 6) is -0.514. The molecule has 4 rings (SSSR count). The minimum absolute atomic E-state index is 0.0389. The molecule has 0 aliphatic rings. The van der Waals surface area contributed by atoms with Crippen molar-refractivity contribution in [2.24, 2.45) is 0 Å². The molecule has 0 saturated carbocycles. The van der Waals surface area contributed by atoms with E-state index in [0.29, 0.717) is 18.8 Å². The molecule has 0 saturated heterocycles. The molecule has 0 bridgehead atoms. The van der Waals surface area contributed by atoms with Gasteiger partial charge in [-0.15, -0.1) is 0 Å². The molecule has 0 unspecified atom stereocenters. The van der Waals surface area contributed by atoms with Gasteiger partial charge in [0.05, 0.1) is 17.2 Å². The predicted molar refractivity (Wildman–Crippen MR) is 190 cm³/mol. The average Bonchev–Trinajstić information content (AvgIpc) is 3.07. The van der Waals surface area contributed by atoms with E-state index in [1.54, 1.807) is 36.4 Å². The van der Waals surface area contributed by atoms with Crippen molar-refractivity contribution in [3.05, 3.63) is 124 Å². The first-order valence-electron chi connectivity index (χ1n) is 15.7. The first kappa shape index (κ1) is 35.7. The van der Waals surface area contributed by atoms with Gasteiger partial charge in [-0.2, -0.15) is 0 Å². The zero-order chi connectivity index (χ0) is 34.0. The molecule has 10 heteroatoms. The maximum atomic E-state index is 14.7. The van der Waals surface area contributed by atoms with Crippen molar-refractivity contribution >= 4 is 43.5 Å². The van der Waals surface area contributed by atoms with Crippen LogP contribution in [0.25, 0.3) is 0 Å². The number of para-hydroxylation sites is 2. The van der Waals surface area contributed by atoms with E-state index in [-0.39, 0.29) is 35.5 Å². The van der Waals surface area contributed by atoms with Gasteiger partial charge in [0, 0.05) is 23.5 Å². The highest BCUT2D eigenvalue weighted by atomic mass is 79.9. The van der Waals surface area contributed by atoms with E-state index in [1.165, 1.54) is 17.0 Å². The molecule has 8 nitrogen and oxygen atoms in total. The molecule has 248 valence electrons. The summed E-state index contributed by atoms with van der Waals surface area (Å²) in [5.41, 5.74) is 2.79. The Balaban J connectivity index is 1.84. The van der Waals surface area contributed by atoms with Crippen LogP contribution in [0, 0.1) is 6.92 Å². The molecule has 0 heterocycles. The Morgan fingerprint density at radius 2 is 1.49 bits per heavy atom. The normalized spacial score (nSPS) is 12.5. The van der Waals surface area contributed by atoms with Crippen molar-refractivity contribution < 1.29 is 22.7 Å². The van der Waals surface area contributed by atoms with Crippen LogP contribution in [0.3, 0.4) is 0 Å². The number of hydrogen-bond acceptors (Lipinski definition) is 5. The summed E-state index contributed by atoms with van der Waals surface area (Å²) in [7, 11) is -4.25. The number of amides is 2. The van der Waals surface area contributed by atoms with Crippen molar-refractivity contribution in [2.75, 3.05) is 17.5 Å². The molecule has 0 radical (unpaired) electrons. The molecule has 1 N–H and O–H groups in total. The van der Waals surface area contributed by atoms with Crippen molar-refractivity contribution in [2.45, 2.75) is 64.1 Å². The van der Waals surface area contributed by atoms with Crippen LogP contribution in [0.4, 0.5) is 5.69 Å². The summed E-state index contributed by atoms with van der Waals surface area (Å²) in [6, 6.07) is 29.2. The number of aryl methyl sites for hydroxylation is 1. The van der Waals surface area contributed by atoms with E-state index >= 15 is 0 Å². The second-order valence-corrected chi connectivity index (χ2v) is 14.2.